The molecule has 110 valence electrons. The summed E-state index contributed by atoms with van der Waals surface area (Å²) >= 11 is 0. The highest BCUT2D eigenvalue weighted by Crippen LogP contribution is 2.57. The van der Waals surface area contributed by atoms with E-state index in [0.717, 1.165) is 18.7 Å². The Balaban J connectivity index is 1.48. The molecule has 3 unspecified atom stereocenters. The molecule has 3 nitrogen and oxygen atoms in total. The zero-order chi connectivity index (χ0) is 13.3. The standard InChI is InChI=1S/C16H30N2O/c1-3-18-10-5-7-13(18)12-17-14-11-15(19-4-2)16(14)8-6-9-16/h13-15,17H,3-12H2,1-2H3. The fraction of sp³-hybridized carbons (Fsp3) is 1.00. The van der Waals surface area contributed by atoms with Crippen LogP contribution in [0.5, 0.6) is 0 Å². The molecule has 0 aromatic heterocycles. The quantitative estimate of drug-likeness (QED) is 0.799. The third-order valence-electron chi connectivity index (χ3n) is 5.94. The molecule has 1 saturated heterocycles. The highest BCUT2D eigenvalue weighted by Gasteiger charge is 2.58. The minimum absolute atomic E-state index is 0.520. The first-order chi connectivity index (χ1) is 9.30. The molecular formula is C16H30N2O. The maximum Gasteiger partial charge on any atom is 0.0661 e. The van der Waals surface area contributed by atoms with Gasteiger partial charge in [-0.2, -0.15) is 0 Å². The summed E-state index contributed by atoms with van der Waals surface area (Å²) in [7, 11) is 0. The molecule has 1 aliphatic heterocycles. The van der Waals surface area contributed by atoms with E-state index in [0.29, 0.717) is 11.5 Å². The fourth-order valence-corrected chi connectivity index (χ4v) is 4.55. The first-order valence-corrected chi connectivity index (χ1v) is 8.39. The molecule has 0 aromatic carbocycles. The lowest BCUT2D eigenvalue weighted by molar-refractivity contribution is -0.173. The van der Waals surface area contributed by atoms with Crippen LogP contribution in [0.1, 0.15) is 52.4 Å². The van der Waals surface area contributed by atoms with Crippen molar-refractivity contribution < 1.29 is 4.74 Å². The molecule has 1 spiro atoms. The van der Waals surface area contributed by atoms with Crippen LogP contribution >= 0.6 is 0 Å². The summed E-state index contributed by atoms with van der Waals surface area (Å²) in [4.78, 5) is 2.64. The number of rotatable bonds is 6. The summed E-state index contributed by atoms with van der Waals surface area (Å²) in [6, 6.07) is 1.52. The number of hydrogen-bond donors (Lipinski definition) is 1. The first-order valence-electron chi connectivity index (χ1n) is 8.39. The van der Waals surface area contributed by atoms with Crippen molar-refractivity contribution >= 4 is 0 Å². The molecule has 3 fully saturated rings. The second-order valence-electron chi connectivity index (χ2n) is 6.65. The van der Waals surface area contributed by atoms with E-state index in [-0.39, 0.29) is 0 Å². The smallest absolute Gasteiger partial charge is 0.0661 e. The number of likely N-dealkylation sites (N-methyl/N-ethyl adjacent to an activating group) is 1. The van der Waals surface area contributed by atoms with E-state index >= 15 is 0 Å². The molecule has 3 aliphatic rings. The van der Waals surface area contributed by atoms with E-state index in [1.807, 2.05) is 0 Å². The predicted octanol–water partition coefficient (Wildman–Crippen LogP) is 2.41. The van der Waals surface area contributed by atoms with Crippen molar-refractivity contribution in [1.29, 1.82) is 0 Å². The lowest BCUT2D eigenvalue weighted by Gasteiger charge is -2.61. The number of hydrogen-bond acceptors (Lipinski definition) is 3. The monoisotopic (exact) mass is 266 g/mol. The van der Waals surface area contributed by atoms with Gasteiger partial charge in [-0.25, -0.2) is 0 Å². The van der Waals surface area contributed by atoms with E-state index in [1.54, 1.807) is 0 Å². The second-order valence-corrected chi connectivity index (χ2v) is 6.65. The predicted molar refractivity (Wildman–Crippen MR) is 78.4 cm³/mol. The fourth-order valence-electron chi connectivity index (χ4n) is 4.55. The van der Waals surface area contributed by atoms with E-state index in [9.17, 15) is 0 Å². The molecule has 19 heavy (non-hydrogen) atoms. The van der Waals surface area contributed by atoms with E-state index in [4.69, 9.17) is 4.74 Å². The average molecular weight is 266 g/mol. The van der Waals surface area contributed by atoms with Crippen LogP contribution in [0.3, 0.4) is 0 Å². The average Bonchev–Trinajstić information content (AvgIpc) is 2.78. The molecule has 0 radical (unpaired) electrons. The van der Waals surface area contributed by atoms with Gasteiger partial charge < -0.3 is 10.1 Å². The van der Waals surface area contributed by atoms with Gasteiger partial charge in [-0.3, -0.25) is 4.90 Å². The van der Waals surface area contributed by atoms with Gasteiger partial charge in [0.1, 0.15) is 0 Å². The van der Waals surface area contributed by atoms with Crippen LogP contribution in [0.2, 0.25) is 0 Å². The van der Waals surface area contributed by atoms with Crippen molar-refractivity contribution in [3.05, 3.63) is 0 Å². The SMILES string of the molecule is CCOC1CC(NCC2CCCN2CC)C12CCC2. The van der Waals surface area contributed by atoms with Crippen molar-refractivity contribution in [3.8, 4) is 0 Å². The Morgan fingerprint density at radius 1 is 1.26 bits per heavy atom. The summed E-state index contributed by atoms with van der Waals surface area (Å²) < 4.78 is 5.93. The highest BCUT2D eigenvalue weighted by molar-refractivity contribution is 5.12. The first kappa shape index (κ1) is 13.8. The Morgan fingerprint density at radius 2 is 2.11 bits per heavy atom. The Morgan fingerprint density at radius 3 is 2.74 bits per heavy atom. The van der Waals surface area contributed by atoms with Gasteiger partial charge in [0.25, 0.3) is 0 Å². The van der Waals surface area contributed by atoms with Crippen molar-refractivity contribution in [2.24, 2.45) is 5.41 Å². The van der Waals surface area contributed by atoms with Crippen LogP contribution in [0.4, 0.5) is 0 Å². The van der Waals surface area contributed by atoms with E-state index in [2.05, 4.69) is 24.1 Å². The molecule has 3 atom stereocenters. The van der Waals surface area contributed by atoms with Crippen LogP contribution in [0.25, 0.3) is 0 Å². The van der Waals surface area contributed by atoms with Gasteiger partial charge in [0.2, 0.25) is 0 Å². The van der Waals surface area contributed by atoms with E-state index in [1.165, 1.54) is 58.2 Å². The molecule has 0 aromatic rings. The van der Waals surface area contributed by atoms with Crippen LogP contribution in [-0.4, -0.2) is 49.3 Å². The molecule has 3 heteroatoms. The Labute approximate surface area is 118 Å². The third kappa shape index (κ3) is 2.34. The Bertz CT molecular complexity index is 303. The van der Waals surface area contributed by atoms with Crippen molar-refractivity contribution in [2.75, 3.05) is 26.2 Å². The van der Waals surface area contributed by atoms with Gasteiger partial charge in [0.05, 0.1) is 6.10 Å². The molecule has 0 bridgehead atoms. The number of nitrogens with zero attached hydrogens (tertiary/aromatic N) is 1. The summed E-state index contributed by atoms with van der Waals surface area (Å²) in [5.74, 6) is 0. The molecule has 2 aliphatic carbocycles. The molecular weight excluding hydrogens is 236 g/mol. The normalized spacial score (nSPS) is 37.3. The Hall–Kier alpha value is -0.120. The molecule has 1 N–H and O–H groups in total. The zero-order valence-electron chi connectivity index (χ0n) is 12.7. The summed E-state index contributed by atoms with van der Waals surface area (Å²) in [6.07, 6.45) is 8.75. The molecule has 2 saturated carbocycles. The topological polar surface area (TPSA) is 24.5 Å². The van der Waals surface area contributed by atoms with Gasteiger partial charge in [-0.05, 0) is 52.1 Å². The van der Waals surface area contributed by atoms with E-state index < -0.39 is 0 Å². The molecule has 3 rings (SSSR count). The number of likely N-dealkylation sites (tertiary alicyclic amines) is 1. The van der Waals surface area contributed by atoms with Gasteiger partial charge in [0, 0.05) is 30.7 Å². The highest BCUT2D eigenvalue weighted by atomic mass is 16.5. The largest absolute Gasteiger partial charge is 0.378 e. The van der Waals surface area contributed by atoms with Gasteiger partial charge in [0.15, 0.2) is 0 Å². The molecule has 1 heterocycles. The van der Waals surface area contributed by atoms with Crippen LogP contribution in [0, 0.1) is 5.41 Å². The van der Waals surface area contributed by atoms with Crippen LogP contribution < -0.4 is 5.32 Å². The number of ether oxygens (including phenoxy) is 1. The summed E-state index contributed by atoms with van der Waals surface area (Å²) in [6.45, 7) is 9.01. The molecule has 0 amide bonds. The lowest BCUT2D eigenvalue weighted by Crippen LogP contribution is -2.67. The summed E-state index contributed by atoms with van der Waals surface area (Å²) in [5, 5.41) is 3.88. The number of nitrogens with one attached hydrogen (secondary N) is 1. The van der Waals surface area contributed by atoms with Crippen molar-refractivity contribution in [3.63, 3.8) is 0 Å². The van der Waals surface area contributed by atoms with Gasteiger partial charge in [-0.1, -0.05) is 13.3 Å². The second kappa shape index (κ2) is 5.71. The lowest BCUT2D eigenvalue weighted by atomic mass is 9.51. The maximum absolute atomic E-state index is 5.93. The maximum atomic E-state index is 5.93. The zero-order valence-corrected chi connectivity index (χ0v) is 12.7. The minimum atomic E-state index is 0.520. The van der Waals surface area contributed by atoms with Crippen molar-refractivity contribution in [2.45, 2.75) is 70.6 Å². The minimum Gasteiger partial charge on any atom is -0.378 e. The third-order valence-corrected chi connectivity index (χ3v) is 5.94. The van der Waals surface area contributed by atoms with Gasteiger partial charge in [-0.15, -0.1) is 0 Å². The van der Waals surface area contributed by atoms with Crippen LogP contribution in [0.15, 0.2) is 0 Å². The van der Waals surface area contributed by atoms with Crippen molar-refractivity contribution in [1.82, 2.24) is 10.2 Å². The van der Waals surface area contributed by atoms with Gasteiger partial charge >= 0.3 is 0 Å². The summed E-state index contributed by atoms with van der Waals surface area (Å²) in [5.41, 5.74) is 0.520. The van der Waals surface area contributed by atoms with Crippen LogP contribution in [-0.2, 0) is 4.74 Å². The Kier molecular flexibility index (Phi) is 4.16.